The number of aryl methyl sites for hydroxylation is 1. The number of aromatic nitrogens is 2. The third kappa shape index (κ3) is 18.4. The monoisotopic (exact) mass is 411 g/mol. The maximum absolute atomic E-state index is 3.22. The molecule has 0 aliphatic heterocycles. The predicted molar refractivity (Wildman–Crippen MR) is 130 cm³/mol. The molecule has 0 aliphatic carbocycles. The van der Waals surface area contributed by atoms with Crippen LogP contribution in [0.2, 0.25) is 0 Å². The Kier molecular flexibility index (Phi) is 19.4. The van der Waals surface area contributed by atoms with Gasteiger partial charge in [0.1, 0.15) is 12.4 Å². The first kappa shape index (κ1) is 26.4. The van der Waals surface area contributed by atoms with Crippen LogP contribution in [0.3, 0.4) is 0 Å². The van der Waals surface area contributed by atoms with Gasteiger partial charge in [-0.05, 0) is 37.5 Å². The molecule has 0 unspecified atom stereocenters. The summed E-state index contributed by atoms with van der Waals surface area (Å²) in [5, 5.41) is 0. The van der Waals surface area contributed by atoms with E-state index >= 15 is 0 Å². The second-order valence-electron chi connectivity index (χ2n) is 8.61. The van der Waals surface area contributed by atoms with Crippen LogP contribution >= 0.6 is 0 Å². The van der Waals surface area contributed by atoms with Crippen molar-refractivity contribution in [2.45, 2.75) is 135 Å². The first-order chi connectivity index (χ1) is 14.9. The molecule has 2 nitrogen and oxygen atoms in total. The van der Waals surface area contributed by atoms with Gasteiger partial charge in [-0.15, -0.1) is 0 Å². The third-order valence-electron chi connectivity index (χ3n) is 5.72. The molecular formula is C28H47N2+. The summed E-state index contributed by atoms with van der Waals surface area (Å²) in [5.74, 6) is 12.5. The van der Waals surface area contributed by atoms with Gasteiger partial charge < -0.3 is 0 Å². The molecule has 0 amide bonds. The molecule has 0 spiro atoms. The average molecular weight is 412 g/mol. The number of rotatable bonds is 19. The Hall–Kier alpha value is -1.67. The fourth-order valence-electron chi connectivity index (χ4n) is 3.77. The summed E-state index contributed by atoms with van der Waals surface area (Å²) in [4.78, 5) is 3.09. The van der Waals surface area contributed by atoms with Crippen molar-refractivity contribution in [3.8, 4) is 23.7 Å². The number of H-pyrrole nitrogens is 1. The first-order valence-electron chi connectivity index (χ1n) is 12.9. The van der Waals surface area contributed by atoms with Crippen molar-refractivity contribution < 1.29 is 4.57 Å². The van der Waals surface area contributed by atoms with Gasteiger partial charge >= 0.3 is 0 Å². The van der Waals surface area contributed by atoms with Crippen LogP contribution in [-0.2, 0) is 6.54 Å². The van der Waals surface area contributed by atoms with E-state index in [0.717, 1.165) is 19.4 Å². The average Bonchev–Trinajstić information content (AvgIpc) is 3.28. The summed E-state index contributed by atoms with van der Waals surface area (Å²) >= 11 is 0. The first-order valence-corrected chi connectivity index (χ1v) is 12.9. The van der Waals surface area contributed by atoms with E-state index in [1.54, 1.807) is 0 Å². The molecule has 1 N–H and O–H groups in total. The maximum Gasteiger partial charge on any atom is 0.241 e. The van der Waals surface area contributed by atoms with E-state index in [-0.39, 0.29) is 0 Å². The zero-order valence-corrected chi connectivity index (χ0v) is 19.8. The molecule has 0 fully saturated rings. The fourth-order valence-corrected chi connectivity index (χ4v) is 3.77. The van der Waals surface area contributed by atoms with E-state index in [9.17, 15) is 0 Å². The highest BCUT2D eigenvalue weighted by Crippen LogP contribution is 2.11. The van der Waals surface area contributed by atoms with Crippen LogP contribution in [0.15, 0.2) is 18.7 Å². The topological polar surface area (TPSA) is 19.7 Å². The lowest BCUT2D eigenvalue weighted by atomic mass is 10.1. The SMILES string of the molecule is CCCCCCCCCCCCC#CC#CCCCCCCCCC[n+]1cc[nH]c1. The van der Waals surface area contributed by atoms with Crippen LogP contribution in [0.1, 0.15) is 129 Å². The van der Waals surface area contributed by atoms with Gasteiger partial charge in [-0.3, -0.25) is 4.98 Å². The number of hydrogen-bond donors (Lipinski definition) is 1. The number of hydrogen-bond acceptors (Lipinski definition) is 0. The highest BCUT2D eigenvalue weighted by molar-refractivity contribution is 5.25. The number of unbranched alkanes of at least 4 members (excludes halogenated alkanes) is 17. The number of nitrogens with one attached hydrogen (secondary N) is 1. The Bertz CT molecular complexity index is 580. The summed E-state index contributed by atoms with van der Waals surface area (Å²) < 4.78 is 2.22. The Labute approximate surface area is 187 Å². The molecule has 0 aliphatic rings. The zero-order chi connectivity index (χ0) is 21.4. The van der Waals surface area contributed by atoms with Crippen LogP contribution in [0, 0.1) is 23.7 Å². The van der Waals surface area contributed by atoms with Crippen molar-refractivity contribution >= 4 is 0 Å². The van der Waals surface area contributed by atoms with Crippen molar-refractivity contribution in [1.82, 2.24) is 4.98 Å². The largest absolute Gasteiger partial charge is 0.250 e. The molecule has 0 bridgehead atoms. The summed E-state index contributed by atoms with van der Waals surface area (Å²) in [6, 6.07) is 0. The second-order valence-corrected chi connectivity index (χ2v) is 8.61. The molecule has 1 aromatic rings. The van der Waals surface area contributed by atoms with Gasteiger partial charge in [0.05, 0.1) is 6.54 Å². The standard InChI is InChI=1S/C28H46N2/c1-2-3-4-5-6-7-8-9-10-11-12-13-14-15-16-17-18-19-20-21-22-23-24-26-30-27-25-29-28-30/h25,27-28H,2-12,17-24,26H2,1H3/p+1. The summed E-state index contributed by atoms with van der Waals surface area (Å²) in [6.07, 6.45) is 31.2. The molecule has 1 rings (SSSR count). The third-order valence-corrected chi connectivity index (χ3v) is 5.72. The van der Waals surface area contributed by atoms with Crippen LogP contribution < -0.4 is 4.57 Å². The summed E-state index contributed by atoms with van der Waals surface area (Å²) in [7, 11) is 0. The molecule has 168 valence electrons. The number of aromatic amines is 1. The van der Waals surface area contributed by atoms with Crippen molar-refractivity contribution in [2.75, 3.05) is 0 Å². The second kappa shape index (κ2) is 22.0. The Morgan fingerprint density at radius 2 is 1.07 bits per heavy atom. The zero-order valence-electron chi connectivity index (χ0n) is 19.8. The van der Waals surface area contributed by atoms with E-state index in [4.69, 9.17) is 0 Å². The Balaban J connectivity index is 1.76. The van der Waals surface area contributed by atoms with E-state index < -0.39 is 0 Å². The highest BCUT2D eigenvalue weighted by Gasteiger charge is 1.96. The molecule has 2 heteroatoms. The van der Waals surface area contributed by atoms with Gasteiger partial charge in [-0.25, -0.2) is 4.57 Å². The number of imidazole rings is 1. The molecule has 0 saturated carbocycles. The van der Waals surface area contributed by atoms with Gasteiger partial charge in [-0.2, -0.15) is 0 Å². The van der Waals surface area contributed by atoms with Crippen molar-refractivity contribution in [3.05, 3.63) is 18.7 Å². The molecule has 0 aromatic carbocycles. The summed E-state index contributed by atoms with van der Waals surface area (Å²) in [5.41, 5.74) is 0. The minimum atomic E-state index is 1.01. The minimum Gasteiger partial charge on any atom is -0.250 e. The van der Waals surface area contributed by atoms with Gasteiger partial charge in [-0.1, -0.05) is 102 Å². The summed E-state index contributed by atoms with van der Waals surface area (Å²) in [6.45, 7) is 3.42. The molecule has 1 heterocycles. The molecular weight excluding hydrogens is 364 g/mol. The normalized spacial score (nSPS) is 10.3. The van der Waals surface area contributed by atoms with Crippen LogP contribution in [-0.4, -0.2) is 4.98 Å². The molecule has 0 saturated heterocycles. The maximum atomic E-state index is 3.22. The Morgan fingerprint density at radius 3 is 1.53 bits per heavy atom. The van der Waals surface area contributed by atoms with Gasteiger partial charge in [0.2, 0.25) is 6.33 Å². The predicted octanol–water partition coefficient (Wildman–Crippen LogP) is 7.74. The van der Waals surface area contributed by atoms with Crippen molar-refractivity contribution in [2.24, 2.45) is 0 Å². The van der Waals surface area contributed by atoms with Gasteiger partial charge in [0.15, 0.2) is 0 Å². The fraction of sp³-hybridized carbons (Fsp3) is 0.750. The van der Waals surface area contributed by atoms with Crippen molar-refractivity contribution in [3.63, 3.8) is 0 Å². The van der Waals surface area contributed by atoms with E-state index in [1.807, 2.05) is 12.5 Å². The van der Waals surface area contributed by atoms with E-state index in [2.05, 4.69) is 46.4 Å². The lowest BCUT2D eigenvalue weighted by Crippen LogP contribution is -2.30. The van der Waals surface area contributed by atoms with Crippen LogP contribution in [0.5, 0.6) is 0 Å². The van der Waals surface area contributed by atoms with E-state index in [0.29, 0.717) is 0 Å². The lowest BCUT2D eigenvalue weighted by molar-refractivity contribution is -0.696. The highest BCUT2D eigenvalue weighted by atomic mass is 15.0. The van der Waals surface area contributed by atoms with Crippen LogP contribution in [0.25, 0.3) is 0 Å². The van der Waals surface area contributed by atoms with Gasteiger partial charge in [0.25, 0.3) is 0 Å². The van der Waals surface area contributed by atoms with Crippen LogP contribution in [0.4, 0.5) is 0 Å². The minimum absolute atomic E-state index is 1.01. The lowest BCUT2D eigenvalue weighted by Gasteiger charge is -2.00. The molecule has 30 heavy (non-hydrogen) atoms. The molecule has 1 aromatic heterocycles. The van der Waals surface area contributed by atoms with Gasteiger partial charge in [0, 0.05) is 12.8 Å². The van der Waals surface area contributed by atoms with E-state index in [1.165, 1.54) is 109 Å². The smallest absolute Gasteiger partial charge is 0.241 e. The molecule has 0 radical (unpaired) electrons. The molecule has 0 atom stereocenters. The Morgan fingerprint density at radius 1 is 0.600 bits per heavy atom. The van der Waals surface area contributed by atoms with Crippen molar-refractivity contribution in [1.29, 1.82) is 0 Å². The number of nitrogens with zero attached hydrogens (tertiary/aromatic N) is 1. The quantitative estimate of drug-likeness (QED) is 0.136.